The molecule has 0 saturated carbocycles. The molecule has 0 aromatic rings. The van der Waals surface area contributed by atoms with Crippen LogP contribution in [0.25, 0.3) is 0 Å². The van der Waals surface area contributed by atoms with E-state index < -0.39 is 0 Å². The Morgan fingerprint density at radius 2 is 2.22 bits per heavy atom. The van der Waals surface area contributed by atoms with Crippen LogP contribution in [-0.4, -0.2) is 64.6 Å². The Morgan fingerprint density at radius 3 is 2.83 bits per heavy atom. The summed E-state index contributed by atoms with van der Waals surface area (Å²) in [4.78, 5) is 2.43. The predicted octanol–water partition coefficient (Wildman–Crippen LogP) is 1.11. The topological polar surface area (TPSA) is 33.7 Å². The summed E-state index contributed by atoms with van der Waals surface area (Å²) in [7, 11) is 4.25. The van der Waals surface area contributed by atoms with Crippen molar-refractivity contribution in [3.8, 4) is 0 Å². The third-order valence-electron chi connectivity index (χ3n) is 4.13. The number of hydrogen-bond acceptors (Lipinski definition) is 4. The van der Waals surface area contributed by atoms with Crippen LogP contribution in [0.4, 0.5) is 0 Å². The first-order valence-electron chi connectivity index (χ1n) is 7.27. The van der Waals surface area contributed by atoms with Crippen molar-refractivity contribution < 1.29 is 9.47 Å². The Kier molecular flexibility index (Phi) is 5.42. The van der Waals surface area contributed by atoms with Crippen molar-refractivity contribution in [2.75, 3.05) is 53.6 Å². The Morgan fingerprint density at radius 1 is 1.33 bits per heavy atom. The lowest BCUT2D eigenvalue weighted by Crippen LogP contribution is -2.45. The Bertz CT molecular complexity index is 236. The summed E-state index contributed by atoms with van der Waals surface area (Å²) in [6, 6.07) is 0. The summed E-state index contributed by atoms with van der Waals surface area (Å²) in [5, 5.41) is 3.32. The van der Waals surface area contributed by atoms with E-state index in [4.69, 9.17) is 9.47 Å². The minimum Gasteiger partial charge on any atom is -0.381 e. The van der Waals surface area contributed by atoms with Gasteiger partial charge in [-0.2, -0.15) is 0 Å². The molecule has 0 spiro atoms. The molecule has 18 heavy (non-hydrogen) atoms. The van der Waals surface area contributed by atoms with Crippen LogP contribution < -0.4 is 5.32 Å². The normalized spacial score (nSPS) is 33.2. The number of rotatable bonds is 6. The Hall–Kier alpha value is -0.160. The van der Waals surface area contributed by atoms with Crippen molar-refractivity contribution in [2.45, 2.75) is 31.8 Å². The number of ether oxygens (including phenoxy) is 2. The molecule has 0 aliphatic carbocycles. The van der Waals surface area contributed by atoms with Gasteiger partial charge in [0.25, 0.3) is 0 Å². The molecule has 2 fully saturated rings. The van der Waals surface area contributed by atoms with E-state index in [0.29, 0.717) is 11.5 Å². The molecule has 0 bridgehead atoms. The summed E-state index contributed by atoms with van der Waals surface area (Å²) in [5.74, 6) is 0. The van der Waals surface area contributed by atoms with Gasteiger partial charge in [0.1, 0.15) is 0 Å². The van der Waals surface area contributed by atoms with Gasteiger partial charge in [-0.15, -0.1) is 0 Å². The van der Waals surface area contributed by atoms with E-state index in [-0.39, 0.29) is 0 Å². The second-order valence-corrected chi connectivity index (χ2v) is 6.02. The minimum absolute atomic E-state index is 0.304. The molecule has 4 nitrogen and oxygen atoms in total. The molecule has 0 aromatic carbocycles. The first-order chi connectivity index (χ1) is 8.74. The molecule has 2 aliphatic rings. The summed E-state index contributed by atoms with van der Waals surface area (Å²) in [6.45, 7) is 5.96. The van der Waals surface area contributed by atoms with Crippen molar-refractivity contribution in [1.29, 1.82) is 0 Å². The third-order valence-corrected chi connectivity index (χ3v) is 4.13. The zero-order valence-corrected chi connectivity index (χ0v) is 11.9. The smallest absolute Gasteiger partial charge is 0.0701 e. The number of hydrogen-bond donors (Lipinski definition) is 1. The average Bonchev–Trinajstić information content (AvgIpc) is 2.79. The second-order valence-electron chi connectivity index (χ2n) is 6.02. The van der Waals surface area contributed by atoms with Crippen LogP contribution in [0.3, 0.4) is 0 Å². The Balaban J connectivity index is 1.78. The van der Waals surface area contributed by atoms with E-state index in [9.17, 15) is 0 Å². The van der Waals surface area contributed by atoms with Crippen LogP contribution in [0.1, 0.15) is 25.7 Å². The summed E-state index contributed by atoms with van der Waals surface area (Å²) < 4.78 is 11.4. The van der Waals surface area contributed by atoms with E-state index in [1.807, 2.05) is 7.05 Å². The first-order valence-corrected chi connectivity index (χ1v) is 7.27. The number of nitrogens with zero attached hydrogens (tertiary/aromatic N) is 1. The van der Waals surface area contributed by atoms with Gasteiger partial charge in [-0.05, 0) is 39.8 Å². The fourth-order valence-corrected chi connectivity index (χ4v) is 3.28. The van der Waals surface area contributed by atoms with Gasteiger partial charge in [0, 0.05) is 38.3 Å². The average molecular weight is 256 g/mol. The van der Waals surface area contributed by atoms with Crippen molar-refractivity contribution in [3.05, 3.63) is 0 Å². The number of likely N-dealkylation sites (N-methyl/N-ethyl adjacent to an activating group) is 1. The molecule has 2 rings (SSSR count). The molecule has 2 unspecified atom stereocenters. The first kappa shape index (κ1) is 14.3. The molecule has 2 heterocycles. The van der Waals surface area contributed by atoms with Crippen LogP contribution in [0.2, 0.25) is 0 Å². The molecule has 0 aromatic heterocycles. The van der Waals surface area contributed by atoms with Crippen LogP contribution in [0, 0.1) is 5.41 Å². The zero-order chi connectivity index (χ0) is 12.8. The maximum atomic E-state index is 5.82. The molecular formula is C14H28N2O2. The molecule has 0 radical (unpaired) electrons. The molecule has 2 saturated heterocycles. The summed E-state index contributed by atoms with van der Waals surface area (Å²) in [6.07, 6.45) is 5.39. The van der Waals surface area contributed by atoms with E-state index in [0.717, 1.165) is 39.5 Å². The minimum atomic E-state index is 0.304. The quantitative estimate of drug-likeness (QED) is 0.772. The third kappa shape index (κ3) is 3.92. The fraction of sp³-hybridized carbons (Fsp3) is 1.00. The fourth-order valence-electron chi connectivity index (χ4n) is 3.28. The van der Waals surface area contributed by atoms with Crippen molar-refractivity contribution in [3.63, 3.8) is 0 Å². The van der Waals surface area contributed by atoms with Gasteiger partial charge in [-0.1, -0.05) is 0 Å². The maximum absolute atomic E-state index is 5.82. The molecule has 2 atom stereocenters. The van der Waals surface area contributed by atoms with E-state index in [1.165, 1.54) is 25.7 Å². The highest BCUT2D eigenvalue weighted by Gasteiger charge is 2.35. The Labute approximate surface area is 111 Å². The lowest BCUT2D eigenvalue weighted by molar-refractivity contribution is -0.00846. The van der Waals surface area contributed by atoms with Crippen molar-refractivity contribution in [2.24, 2.45) is 5.41 Å². The van der Waals surface area contributed by atoms with Crippen LogP contribution >= 0.6 is 0 Å². The molecule has 4 heteroatoms. The standard InChI is InChI=1S/C14H28N2O2/c1-15-10-14(6-8-17-12-14)11-16(2)9-13-5-3-4-7-18-13/h13,15H,3-12H2,1-2H3. The molecule has 2 aliphatic heterocycles. The predicted molar refractivity (Wildman–Crippen MR) is 72.9 cm³/mol. The van der Waals surface area contributed by atoms with Crippen molar-refractivity contribution in [1.82, 2.24) is 10.2 Å². The second kappa shape index (κ2) is 6.85. The van der Waals surface area contributed by atoms with Gasteiger partial charge >= 0.3 is 0 Å². The number of nitrogens with one attached hydrogen (secondary N) is 1. The van der Waals surface area contributed by atoms with Crippen LogP contribution in [-0.2, 0) is 9.47 Å². The highest BCUT2D eigenvalue weighted by Crippen LogP contribution is 2.29. The molecule has 1 N–H and O–H groups in total. The summed E-state index contributed by atoms with van der Waals surface area (Å²) >= 11 is 0. The van der Waals surface area contributed by atoms with Gasteiger partial charge in [-0.25, -0.2) is 0 Å². The summed E-state index contributed by atoms with van der Waals surface area (Å²) in [5.41, 5.74) is 0.304. The molecule has 106 valence electrons. The largest absolute Gasteiger partial charge is 0.381 e. The van der Waals surface area contributed by atoms with E-state index >= 15 is 0 Å². The van der Waals surface area contributed by atoms with E-state index in [2.05, 4.69) is 17.3 Å². The van der Waals surface area contributed by atoms with Crippen molar-refractivity contribution >= 4 is 0 Å². The lowest BCUT2D eigenvalue weighted by atomic mass is 9.86. The van der Waals surface area contributed by atoms with Gasteiger partial charge in [0.15, 0.2) is 0 Å². The van der Waals surface area contributed by atoms with Gasteiger partial charge < -0.3 is 19.7 Å². The van der Waals surface area contributed by atoms with Gasteiger partial charge in [0.2, 0.25) is 0 Å². The molecule has 0 amide bonds. The lowest BCUT2D eigenvalue weighted by Gasteiger charge is -2.34. The van der Waals surface area contributed by atoms with Crippen LogP contribution in [0.15, 0.2) is 0 Å². The van der Waals surface area contributed by atoms with Crippen LogP contribution in [0.5, 0.6) is 0 Å². The SMILES string of the molecule is CNCC1(CN(C)CC2CCCCO2)CCOC1. The highest BCUT2D eigenvalue weighted by atomic mass is 16.5. The van der Waals surface area contributed by atoms with Gasteiger partial charge in [-0.3, -0.25) is 0 Å². The zero-order valence-electron chi connectivity index (χ0n) is 11.9. The monoisotopic (exact) mass is 256 g/mol. The molecular weight excluding hydrogens is 228 g/mol. The maximum Gasteiger partial charge on any atom is 0.0701 e. The highest BCUT2D eigenvalue weighted by molar-refractivity contribution is 4.88. The van der Waals surface area contributed by atoms with E-state index in [1.54, 1.807) is 0 Å². The van der Waals surface area contributed by atoms with Gasteiger partial charge in [0.05, 0.1) is 12.7 Å².